The third kappa shape index (κ3) is 13.9. The summed E-state index contributed by atoms with van der Waals surface area (Å²) in [6.07, 6.45) is 16.4. The molecule has 0 rings (SSSR count). The maximum absolute atomic E-state index is 11.9. The van der Waals surface area contributed by atoms with Crippen LogP contribution in [0.15, 0.2) is 0 Å². The Labute approximate surface area is 155 Å². The summed E-state index contributed by atoms with van der Waals surface area (Å²) >= 11 is 0. The Morgan fingerprint density at radius 3 is 1.64 bits per heavy atom. The lowest BCUT2D eigenvalue weighted by Gasteiger charge is -2.20. The van der Waals surface area contributed by atoms with E-state index in [9.17, 15) is 14.7 Å². The van der Waals surface area contributed by atoms with Gasteiger partial charge in [-0.2, -0.15) is 0 Å². The zero-order valence-corrected chi connectivity index (χ0v) is 16.8. The van der Waals surface area contributed by atoms with Crippen LogP contribution in [0.5, 0.6) is 0 Å². The van der Waals surface area contributed by atoms with E-state index in [1.165, 1.54) is 64.2 Å². The van der Waals surface area contributed by atoms with E-state index in [2.05, 4.69) is 12.2 Å². The fraction of sp³-hybridized carbons (Fsp3) is 0.905. The van der Waals surface area contributed by atoms with E-state index in [0.29, 0.717) is 6.42 Å². The highest BCUT2D eigenvalue weighted by atomic mass is 16.4. The average molecular weight is 356 g/mol. The summed E-state index contributed by atoms with van der Waals surface area (Å²) in [6.45, 7) is 6.06. The van der Waals surface area contributed by atoms with Crippen LogP contribution >= 0.6 is 0 Å². The zero-order valence-electron chi connectivity index (χ0n) is 16.8. The molecule has 0 aliphatic rings. The minimum atomic E-state index is -0.933. The molecule has 0 bridgehead atoms. The van der Waals surface area contributed by atoms with Crippen LogP contribution in [-0.2, 0) is 9.59 Å². The lowest BCUT2D eigenvalue weighted by molar-refractivity contribution is -0.143. The van der Waals surface area contributed by atoms with Gasteiger partial charge >= 0.3 is 5.97 Å². The van der Waals surface area contributed by atoms with Gasteiger partial charge in [-0.3, -0.25) is 4.79 Å². The zero-order chi connectivity index (χ0) is 18.9. The van der Waals surface area contributed by atoms with Gasteiger partial charge in [-0.15, -0.1) is 0 Å². The molecule has 0 saturated carbocycles. The van der Waals surface area contributed by atoms with Crippen LogP contribution in [-0.4, -0.2) is 23.0 Å². The van der Waals surface area contributed by atoms with Crippen molar-refractivity contribution in [3.63, 3.8) is 0 Å². The molecule has 0 heterocycles. The molecule has 0 aliphatic heterocycles. The summed E-state index contributed by atoms with van der Waals surface area (Å²) in [7, 11) is 0. The van der Waals surface area contributed by atoms with Gasteiger partial charge in [-0.25, -0.2) is 4.79 Å². The number of carboxylic acids is 1. The van der Waals surface area contributed by atoms with Crippen molar-refractivity contribution in [2.45, 2.75) is 117 Å². The number of hydrogen-bond donors (Lipinski definition) is 2. The molecule has 1 unspecified atom stereocenters. The number of carbonyl (C=O) groups is 2. The Bertz CT molecular complexity index is 344. The van der Waals surface area contributed by atoms with Gasteiger partial charge in [-0.1, -0.05) is 97.8 Å². The van der Waals surface area contributed by atoms with Gasteiger partial charge in [0, 0.05) is 6.42 Å². The van der Waals surface area contributed by atoms with Crippen molar-refractivity contribution in [3.05, 3.63) is 0 Å². The Morgan fingerprint density at radius 2 is 1.24 bits per heavy atom. The quantitative estimate of drug-likeness (QED) is 0.329. The highest BCUT2D eigenvalue weighted by Gasteiger charge is 2.24. The van der Waals surface area contributed by atoms with Gasteiger partial charge in [0.2, 0.25) is 5.91 Å². The predicted octanol–water partition coefficient (Wildman–Crippen LogP) is 5.69. The number of nitrogens with one attached hydrogen (secondary N) is 1. The standard InChI is InChI=1S/C21H41NO3/c1-4-6-7-8-9-10-11-12-13-14-15-16-17-19(23)22-20(21(24)25)18(3)5-2/h18,20H,4-17H2,1-3H3,(H,22,23)(H,24,25)/t18?,20-/m0/s1. The van der Waals surface area contributed by atoms with E-state index in [4.69, 9.17) is 0 Å². The molecule has 0 aliphatic carbocycles. The van der Waals surface area contributed by atoms with Crippen LogP contribution < -0.4 is 5.32 Å². The lowest BCUT2D eigenvalue weighted by atomic mass is 9.99. The predicted molar refractivity (Wildman–Crippen MR) is 105 cm³/mol. The van der Waals surface area contributed by atoms with Crippen LogP contribution in [0.4, 0.5) is 0 Å². The monoisotopic (exact) mass is 355 g/mol. The first-order valence-corrected chi connectivity index (χ1v) is 10.5. The van der Waals surface area contributed by atoms with Gasteiger partial charge in [0.25, 0.3) is 0 Å². The number of hydrogen-bond acceptors (Lipinski definition) is 2. The summed E-state index contributed by atoms with van der Waals surface area (Å²) in [6, 6.07) is -0.755. The summed E-state index contributed by atoms with van der Waals surface area (Å²) in [5.41, 5.74) is 0. The fourth-order valence-electron chi connectivity index (χ4n) is 3.06. The molecule has 0 aromatic carbocycles. The second-order valence-electron chi connectivity index (χ2n) is 7.41. The first-order chi connectivity index (χ1) is 12.0. The lowest BCUT2D eigenvalue weighted by Crippen LogP contribution is -2.44. The molecule has 0 fully saturated rings. The van der Waals surface area contributed by atoms with Gasteiger partial charge in [0.05, 0.1) is 0 Å². The molecule has 148 valence electrons. The van der Waals surface area contributed by atoms with Crippen molar-refractivity contribution in [2.24, 2.45) is 5.92 Å². The van der Waals surface area contributed by atoms with Gasteiger partial charge in [0.15, 0.2) is 0 Å². The van der Waals surface area contributed by atoms with Gasteiger partial charge < -0.3 is 10.4 Å². The number of amides is 1. The number of unbranched alkanes of at least 4 members (excludes halogenated alkanes) is 11. The molecule has 2 N–H and O–H groups in total. The summed E-state index contributed by atoms with van der Waals surface area (Å²) in [5, 5.41) is 11.9. The molecule has 4 heteroatoms. The molecule has 1 amide bonds. The highest BCUT2D eigenvalue weighted by Crippen LogP contribution is 2.13. The Kier molecular flexibility index (Phi) is 15.7. The third-order valence-corrected chi connectivity index (χ3v) is 5.05. The highest BCUT2D eigenvalue weighted by molar-refractivity contribution is 5.83. The minimum absolute atomic E-state index is 0.0385. The molecule has 0 radical (unpaired) electrons. The first-order valence-electron chi connectivity index (χ1n) is 10.5. The second kappa shape index (κ2) is 16.4. The van der Waals surface area contributed by atoms with Crippen molar-refractivity contribution in [3.8, 4) is 0 Å². The number of aliphatic carboxylic acids is 1. The molecule has 0 aromatic rings. The van der Waals surface area contributed by atoms with E-state index in [0.717, 1.165) is 19.3 Å². The maximum atomic E-state index is 11.9. The van der Waals surface area contributed by atoms with Crippen LogP contribution in [0.1, 0.15) is 111 Å². The molecule has 4 nitrogen and oxygen atoms in total. The molecular weight excluding hydrogens is 314 g/mol. The van der Waals surface area contributed by atoms with E-state index < -0.39 is 12.0 Å². The Hall–Kier alpha value is -1.06. The van der Waals surface area contributed by atoms with Crippen LogP contribution in [0.2, 0.25) is 0 Å². The number of rotatable bonds is 17. The van der Waals surface area contributed by atoms with Gasteiger partial charge in [0.1, 0.15) is 6.04 Å². The summed E-state index contributed by atoms with van der Waals surface area (Å²) in [4.78, 5) is 23.1. The van der Waals surface area contributed by atoms with Crippen molar-refractivity contribution in [1.29, 1.82) is 0 Å². The van der Waals surface area contributed by atoms with E-state index >= 15 is 0 Å². The van der Waals surface area contributed by atoms with Crippen molar-refractivity contribution < 1.29 is 14.7 Å². The molecule has 2 atom stereocenters. The second-order valence-corrected chi connectivity index (χ2v) is 7.41. The van der Waals surface area contributed by atoms with Gasteiger partial charge in [-0.05, 0) is 12.3 Å². The maximum Gasteiger partial charge on any atom is 0.326 e. The topological polar surface area (TPSA) is 66.4 Å². The normalized spacial score (nSPS) is 13.4. The minimum Gasteiger partial charge on any atom is -0.480 e. The fourth-order valence-corrected chi connectivity index (χ4v) is 3.06. The average Bonchev–Trinajstić information content (AvgIpc) is 2.59. The van der Waals surface area contributed by atoms with E-state index in [1.54, 1.807) is 0 Å². The molecular formula is C21H41NO3. The van der Waals surface area contributed by atoms with E-state index in [-0.39, 0.29) is 11.8 Å². The Balaban J connectivity index is 3.52. The molecule has 0 spiro atoms. The number of carboxylic acid groups (broad SMARTS) is 1. The van der Waals surface area contributed by atoms with E-state index in [1.807, 2.05) is 13.8 Å². The molecule has 0 saturated heterocycles. The summed E-state index contributed by atoms with van der Waals surface area (Å²) in [5.74, 6) is -1.10. The van der Waals surface area contributed by atoms with Crippen molar-refractivity contribution in [2.75, 3.05) is 0 Å². The number of carbonyl (C=O) groups excluding carboxylic acids is 1. The van der Waals surface area contributed by atoms with Crippen molar-refractivity contribution in [1.82, 2.24) is 5.32 Å². The molecule has 0 aromatic heterocycles. The molecule has 25 heavy (non-hydrogen) atoms. The SMILES string of the molecule is CCCCCCCCCCCCCCC(=O)N[C@H](C(=O)O)C(C)CC. The third-order valence-electron chi connectivity index (χ3n) is 5.05. The Morgan fingerprint density at radius 1 is 0.800 bits per heavy atom. The van der Waals surface area contributed by atoms with Crippen LogP contribution in [0, 0.1) is 5.92 Å². The van der Waals surface area contributed by atoms with Crippen molar-refractivity contribution >= 4 is 11.9 Å². The first kappa shape index (κ1) is 23.9. The largest absolute Gasteiger partial charge is 0.480 e. The van der Waals surface area contributed by atoms with Crippen LogP contribution in [0.25, 0.3) is 0 Å². The smallest absolute Gasteiger partial charge is 0.326 e. The van der Waals surface area contributed by atoms with Crippen LogP contribution in [0.3, 0.4) is 0 Å². The summed E-state index contributed by atoms with van der Waals surface area (Å²) < 4.78 is 0.